The van der Waals surface area contributed by atoms with Crippen molar-refractivity contribution in [1.29, 1.82) is 0 Å². The second-order valence-electron chi connectivity index (χ2n) is 2.73. The molecule has 0 saturated heterocycles. The Balaban J connectivity index is 2.41. The molecule has 2 nitrogen and oxygen atoms in total. The van der Waals surface area contributed by atoms with Crippen molar-refractivity contribution in [3.63, 3.8) is 0 Å². The van der Waals surface area contributed by atoms with Crippen molar-refractivity contribution in [2.24, 2.45) is 0 Å². The molecule has 1 heterocycles. The highest BCUT2D eigenvalue weighted by atomic mass is 79.9. The second kappa shape index (κ2) is 3.26. The first-order valence-electron chi connectivity index (χ1n) is 3.87. The summed E-state index contributed by atoms with van der Waals surface area (Å²) in [5.74, 6) is 0.840. The first-order chi connectivity index (χ1) is 6.25. The lowest BCUT2D eigenvalue weighted by molar-refractivity contribution is 0.556. The molecule has 0 bridgehead atoms. The van der Waals surface area contributed by atoms with Crippen molar-refractivity contribution in [3.05, 3.63) is 41.1 Å². The molecule has 0 aliphatic carbocycles. The largest absolute Gasteiger partial charge is 0.449 e. The molecule has 0 atom stereocenters. The molecule has 0 radical (unpaired) electrons. The van der Waals surface area contributed by atoms with Crippen LogP contribution in [0.4, 0.5) is 5.69 Å². The number of nitrogens with two attached hydrogens (primary N) is 1. The van der Waals surface area contributed by atoms with Gasteiger partial charge in [-0.2, -0.15) is 0 Å². The van der Waals surface area contributed by atoms with E-state index >= 15 is 0 Å². The van der Waals surface area contributed by atoms with E-state index in [-0.39, 0.29) is 0 Å². The Bertz CT molecular complexity index is 405. The van der Waals surface area contributed by atoms with Gasteiger partial charge in [0.2, 0.25) is 0 Å². The van der Waals surface area contributed by atoms with Gasteiger partial charge in [0.15, 0.2) is 4.67 Å². The van der Waals surface area contributed by atoms with E-state index in [0.717, 1.165) is 21.7 Å². The molecule has 13 heavy (non-hydrogen) atoms. The zero-order chi connectivity index (χ0) is 9.26. The molecule has 0 spiro atoms. The smallest absolute Gasteiger partial charge is 0.169 e. The molecule has 0 aliphatic rings. The Morgan fingerprint density at radius 1 is 1.00 bits per heavy atom. The van der Waals surface area contributed by atoms with Crippen LogP contribution >= 0.6 is 15.9 Å². The SMILES string of the molecule is Nc1ccc(-c2ccc(Br)o2)cc1. The quantitative estimate of drug-likeness (QED) is 0.774. The Morgan fingerprint density at radius 3 is 2.23 bits per heavy atom. The molecule has 0 unspecified atom stereocenters. The average Bonchev–Trinajstić information content (AvgIpc) is 2.53. The third-order valence-electron chi connectivity index (χ3n) is 1.77. The van der Waals surface area contributed by atoms with Crippen molar-refractivity contribution in [2.75, 3.05) is 5.73 Å². The van der Waals surface area contributed by atoms with E-state index in [1.807, 2.05) is 36.4 Å². The summed E-state index contributed by atoms with van der Waals surface area (Å²) < 4.78 is 6.12. The van der Waals surface area contributed by atoms with Crippen molar-refractivity contribution in [1.82, 2.24) is 0 Å². The van der Waals surface area contributed by atoms with Gasteiger partial charge in [0.25, 0.3) is 0 Å². The third kappa shape index (κ3) is 1.75. The summed E-state index contributed by atoms with van der Waals surface area (Å²) in [7, 11) is 0. The van der Waals surface area contributed by atoms with Crippen molar-refractivity contribution in [2.45, 2.75) is 0 Å². The standard InChI is InChI=1S/C10H8BrNO/c11-10-6-5-9(13-10)7-1-3-8(12)4-2-7/h1-6H,12H2. The lowest BCUT2D eigenvalue weighted by Gasteiger charge is -1.96. The maximum atomic E-state index is 5.57. The van der Waals surface area contributed by atoms with Crippen LogP contribution in [0, 0.1) is 0 Å². The van der Waals surface area contributed by atoms with E-state index < -0.39 is 0 Å². The van der Waals surface area contributed by atoms with Crippen LogP contribution in [-0.2, 0) is 0 Å². The van der Waals surface area contributed by atoms with Crippen molar-refractivity contribution >= 4 is 21.6 Å². The number of anilines is 1. The van der Waals surface area contributed by atoms with Crippen LogP contribution in [0.1, 0.15) is 0 Å². The maximum absolute atomic E-state index is 5.57. The summed E-state index contributed by atoms with van der Waals surface area (Å²) in [4.78, 5) is 0. The normalized spacial score (nSPS) is 10.2. The molecule has 0 saturated carbocycles. The van der Waals surface area contributed by atoms with Crippen LogP contribution in [0.15, 0.2) is 45.5 Å². The summed E-state index contributed by atoms with van der Waals surface area (Å²) in [5, 5.41) is 0. The molecule has 1 aromatic carbocycles. The number of nitrogen functional groups attached to an aromatic ring is 1. The van der Waals surface area contributed by atoms with Crippen LogP contribution in [0.5, 0.6) is 0 Å². The second-order valence-corrected chi connectivity index (χ2v) is 3.51. The van der Waals surface area contributed by atoms with E-state index in [1.165, 1.54) is 0 Å². The van der Waals surface area contributed by atoms with Crippen LogP contribution < -0.4 is 5.73 Å². The fourth-order valence-electron chi connectivity index (χ4n) is 1.12. The Hall–Kier alpha value is -1.22. The first kappa shape index (κ1) is 8.38. The Morgan fingerprint density at radius 2 is 1.69 bits per heavy atom. The van der Waals surface area contributed by atoms with Crippen LogP contribution in [0.3, 0.4) is 0 Å². The Labute approximate surface area is 84.5 Å². The number of hydrogen-bond donors (Lipinski definition) is 1. The summed E-state index contributed by atoms with van der Waals surface area (Å²) in [6.07, 6.45) is 0. The van der Waals surface area contributed by atoms with E-state index in [1.54, 1.807) is 0 Å². The summed E-state index contributed by atoms with van der Waals surface area (Å²) in [6.45, 7) is 0. The third-order valence-corrected chi connectivity index (χ3v) is 2.19. The Kier molecular flexibility index (Phi) is 2.10. The zero-order valence-electron chi connectivity index (χ0n) is 6.83. The van der Waals surface area contributed by atoms with Gasteiger partial charge in [-0.05, 0) is 52.3 Å². The van der Waals surface area contributed by atoms with Gasteiger partial charge >= 0.3 is 0 Å². The molecule has 1 aromatic heterocycles. The number of rotatable bonds is 1. The fraction of sp³-hybridized carbons (Fsp3) is 0. The number of halogens is 1. The topological polar surface area (TPSA) is 39.2 Å². The molecule has 2 aromatic rings. The van der Waals surface area contributed by atoms with Gasteiger partial charge in [-0.25, -0.2) is 0 Å². The first-order valence-corrected chi connectivity index (χ1v) is 4.66. The minimum absolute atomic E-state index is 0.735. The van der Waals surface area contributed by atoms with E-state index in [9.17, 15) is 0 Å². The molecule has 0 aliphatic heterocycles. The van der Waals surface area contributed by atoms with E-state index in [2.05, 4.69) is 15.9 Å². The molecule has 66 valence electrons. The molecule has 2 N–H and O–H groups in total. The highest BCUT2D eigenvalue weighted by molar-refractivity contribution is 9.10. The van der Waals surface area contributed by atoms with Gasteiger partial charge in [-0.15, -0.1) is 0 Å². The van der Waals surface area contributed by atoms with Gasteiger partial charge in [0.05, 0.1) is 0 Å². The molecule has 0 fully saturated rings. The van der Waals surface area contributed by atoms with Gasteiger partial charge in [0.1, 0.15) is 5.76 Å². The minimum Gasteiger partial charge on any atom is -0.449 e. The highest BCUT2D eigenvalue weighted by Crippen LogP contribution is 2.25. The zero-order valence-corrected chi connectivity index (χ0v) is 8.41. The highest BCUT2D eigenvalue weighted by Gasteiger charge is 2.01. The summed E-state index contributed by atoms with van der Waals surface area (Å²) in [5.41, 5.74) is 7.36. The van der Waals surface area contributed by atoms with Gasteiger partial charge < -0.3 is 10.2 Å². The van der Waals surface area contributed by atoms with Crippen molar-refractivity contribution < 1.29 is 4.42 Å². The lowest BCUT2D eigenvalue weighted by Crippen LogP contribution is -1.82. The van der Waals surface area contributed by atoms with Gasteiger partial charge in [0, 0.05) is 11.3 Å². The molecule has 2 rings (SSSR count). The predicted molar refractivity (Wildman–Crippen MR) is 56.3 cm³/mol. The molecule has 0 amide bonds. The monoisotopic (exact) mass is 237 g/mol. The lowest BCUT2D eigenvalue weighted by atomic mass is 10.1. The number of hydrogen-bond acceptors (Lipinski definition) is 2. The summed E-state index contributed by atoms with van der Waals surface area (Å²) in [6, 6.07) is 11.3. The number of furan rings is 1. The molecule has 3 heteroatoms. The van der Waals surface area contributed by atoms with E-state index in [0.29, 0.717) is 0 Å². The number of benzene rings is 1. The van der Waals surface area contributed by atoms with Crippen LogP contribution in [0.25, 0.3) is 11.3 Å². The summed E-state index contributed by atoms with van der Waals surface area (Å²) >= 11 is 3.25. The van der Waals surface area contributed by atoms with Crippen LogP contribution in [0.2, 0.25) is 0 Å². The average molecular weight is 238 g/mol. The van der Waals surface area contributed by atoms with Crippen molar-refractivity contribution in [3.8, 4) is 11.3 Å². The van der Waals surface area contributed by atoms with Crippen LogP contribution in [-0.4, -0.2) is 0 Å². The maximum Gasteiger partial charge on any atom is 0.169 e. The van der Waals surface area contributed by atoms with E-state index in [4.69, 9.17) is 10.2 Å². The minimum atomic E-state index is 0.735. The predicted octanol–water partition coefficient (Wildman–Crippen LogP) is 3.29. The van der Waals surface area contributed by atoms with Gasteiger partial charge in [-0.1, -0.05) is 0 Å². The molecular weight excluding hydrogens is 230 g/mol. The fourth-order valence-corrected chi connectivity index (χ4v) is 1.42. The van der Waals surface area contributed by atoms with Gasteiger partial charge in [-0.3, -0.25) is 0 Å². The molecular formula is C10H8BrNO.